The highest BCUT2D eigenvalue weighted by atomic mass is 16.5. The monoisotopic (exact) mass is 458 g/mol. The number of benzene rings is 2. The standard InChI is InChI=1S/C25H34N2O6/c1-7-17(2)26-25(29)18(3)27(15-19-9-8-10-20(11-19)30-4)24(28)16-33-23-13-21(31-5)12-22(14-23)32-6/h8-14,17-18H,7,15-16H2,1-6H3,(H,26,29)/t17-,18-/m0/s1. The Balaban J connectivity index is 2.22. The summed E-state index contributed by atoms with van der Waals surface area (Å²) in [5, 5.41) is 2.95. The minimum absolute atomic E-state index is 0.00854. The molecule has 0 aromatic heterocycles. The first-order valence-corrected chi connectivity index (χ1v) is 10.9. The Morgan fingerprint density at radius 2 is 1.52 bits per heavy atom. The quantitative estimate of drug-likeness (QED) is 0.525. The summed E-state index contributed by atoms with van der Waals surface area (Å²) in [7, 11) is 4.66. The van der Waals surface area contributed by atoms with Crippen molar-refractivity contribution >= 4 is 11.8 Å². The molecule has 0 aliphatic rings. The van der Waals surface area contributed by atoms with Crippen LogP contribution in [-0.4, -0.2) is 56.7 Å². The Labute approximate surface area is 195 Å². The van der Waals surface area contributed by atoms with Crippen LogP contribution in [0.2, 0.25) is 0 Å². The van der Waals surface area contributed by atoms with Crippen molar-refractivity contribution in [2.45, 2.75) is 45.8 Å². The molecule has 0 aliphatic heterocycles. The van der Waals surface area contributed by atoms with Gasteiger partial charge in [-0.05, 0) is 38.0 Å². The van der Waals surface area contributed by atoms with Gasteiger partial charge < -0.3 is 29.2 Å². The molecule has 2 atom stereocenters. The van der Waals surface area contributed by atoms with Gasteiger partial charge in [0.05, 0.1) is 21.3 Å². The molecular weight excluding hydrogens is 424 g/mol. The van der Waals surface area contributed by atoms with Crippen molar-refractivity contribution in [3.05, 3.63) is 48.0 Å². The molecule has 0 aliphatic carbocycles. The first-order valence-electron chi connectivity index (χ1n) is 10.9. The van der Waals surface area contributed by atoms with E-state index in [1.807, 2.05) is 38.1 Å². The SMILES string of the molecule is CC[C@H](C)NC(=O)[C@H](C)N(Cc1cccc(OC)c1)C(=O)COc1cc(OC)cc(OC)c1. The number of rotatable bonds is 12. The number of ether oxygens (including phenoxy) is 4. The average Bonchev–Trinajstić information content (AvgIpc) is 2.84. The van der Waals surface area contributed by atoms with E-state index in [-0.39, 0.29) is 31.0 Å². The maximum absolute atomic E-state index is 13.2. The number of carbonyl (C=O) groups is 2. The van der Waals surface area contributed by atoms with Crippen molar-refractivity contribution < 1.29 is 28.5 Å². The van der Waals surface area contributed by atoms with Crippen molar-refractivity contribution in [1.82, 2.24) is 10.2 Å². The fraction of sp³-hybridized carbons (Fsp3) is 0.440. The highest BCUT2D eigenvalue weighted by molar-refractivity contribution is 5.88. The molecule has 1 N–H and O–H groups in total. The second-order valence-electron chi connectivity index (χ2n) is 7.70. The second-order valence-corrected chi connectivity index (χ2v) is 7.70. The molecule has 0 fully saturated rings. The van der Waals surface area contributed by atoms with E-state index in [9.17, 15) is 9.59 Å². The lowest BCUT2D eigenvalue weighted by Crippen LogP contribution is -2.50. The number of hydrogen-bond donors (Lipinski definition) is 1. The smallest absolute Gasteiger partial charge is 0.261 e. The summed E-state index contributed by atoms with van der Waals surface area (Å²) < 4.78 is 21.5. The molecule has 0 saturated carbocycles. The summed E-state index contributed by atoms with van der Waals surface area (Å²) in [6, 6.07) is 11.8. The molecule has 0 spiro atoms. The minimum atomic E-state index is -0.693. The van der Waals surface area contributed by atoms with E-state index < -0.39 is 6.04 Å². The summed E-state index contributed by atoms with van der Waals surface area (Å²) in [4.78, 5) is 27.5. The van der Waals surface area contributed by atoms with Crippen molar-refractivity contribution in [2.75, 3.05) is 27.9 Å². The third-order valence-electron chi connectivity index (χ3n) is 5.34. The van der Waals surface area contributed by atoms with Gasteiger partial charge in [0, 0.05) is 30.8 Å². The zero-order chi connectivity index (χ0) is 24.4. The molecule has 2 aromatic rings. The highest BCUT2D eigenvalue weighted by Gasteiger charge is 2.27. The second kappa shape index (κ2) is 12.6. The van der Waals surface area contributed by atoms with Gasteiger partial charge in [0.25, 0.3) is 5.91 Å². The van der Waals surface area contributed by atoms with Crippen molar-refractivity contribution in [3.63, 3.8) is 0 Å². The van der Waals surface area contributed by atoms with E-state index in [4.69, 9.17) is 18.9 Å². The van der Waals surface area contributed by atoms with Gasteiger partial charge in [-0.15, -0.1) is 0 Å². The Morgan fingerprint density at radius 1 is 0.909 bits per heavy atom. The molecule has 2 amide bonds. The van der Waals surface area contributed by atoms with Gasteiger partial charge in [-0.2, -0.15) is 0 Å². The van der Waals surface area contributed by atoms with Gasteiger partial charge in [-0.3, -0.25) is 9.59 Å². The van der Waals surface area contributed by atoms with Gasteiger partial charge in [0.2, 0.25) is 5.91 Å². The van der Waals surface area contributed by atoms with Crippen LogP contribution in [0.1, 0.15) is 32.8 Å². The summed E-state index contributed by atoms with van der Waals surface area (Å²) in [5.74, 6) is 1.65. The number of nitrogens with one attached hydrogen (secondary N) is 1. The van der Waals surface area contributed by atoms with E-state index in [0.717, 1.165) is 12.0 Å². The molecular formula is C25H34N2O6. The zero-order valence-corrected chi connectivity index (χ0v) is 20.2. The first kappa shape index (κ1) is 25.8. The van der Waals surface area contributed by atoms with Crippen LogP contribution in [0.4, 0.5) is 0 Å². The highest BCUT2D eigenvalue weighted by Crippen LogP contribution is 2.27. The van der Waals surface area contributed by atoms with E-state index in [0.29, 0.717) is 23.0 Å². The number of nitrogens with zero attached hydrogens (tertiary/aromatic N) is 1. The first-order chi connectivity index (χ1) is 15.8. The Kier molecular flexibility index (Phi) is 9.84. The van der Waals surface area contributed by atoms with Gasteiger partial charge in [-0.25, -0.2) is 0 Å². The molecule has 2 rings (SSSR count). The summed E-state index contributed by atoms with van der Waals surface area (Å²) >= 11 is 0. The lowest BCUT2D eigenvalue weighted by molar-refractivity contribution is -0.142. The maximum Gasteiger partial charge on any atom is 0.261 e. The third-order valence-corrected chi connectivity index (χ3v) is 5.34. The van der Waals surface area contributed by atoms with E-state index in [1.165, 1.54) is 19.1 Å². The van der Waals surface area contributed by atoms with E-state index in [1.54, 1.807) is 32.2 Å². The maximum atomic E-state index is 13.2. The molecule has 2 aromatic carbocycles. The summed E-state index contributed by atoms with van der Waals surface area (Å²) in [5.41, 5.74) is 0.842. The molecule has 0 heterocycles. The lowest BCUT2D eigenvalue weighted by Gasteiger charge is -2.29. The van der Waals surface area contributed by atoms with Gasteiger partial charge in [0.15, 0.2) is 6.61 Å². The van der Waals surface area contributed by atoms with Crippen LogP contribution in [0.15, 0.2) is 42.5 Å². The normalized spacial score (nSPS) is 12.3. The largest absolute Gasteiger partial charge is 0.497 e. The molecule has 0 saturated heterocycles. The van der Waals surface area contributed by atoms with Crippen molar-refractivity contribution in [1.29, 1.82) is 0 Å². The third kappa shape index (κ3) is 7.59. The summed E-state index contributed by atoms with van der Waals surface area (Å²) in [6.45, 7) is 5.62. The minimum Gasteiger partial charge on any atom is -0.497 e. The molecule has 0 bridgehead atoms. The van der Waals surface area contributed by atoms with Gasteiger partial charge >= 0.3 is 0 Å². The Hall–Kier alpha value is -3.42. The zero-order valence-electron chi connectivity index (χ0n) is 20.2. The Morgan fingerprint density at radius 3 is 2.09 bits per heavy atom. The van der Waals surface area contributed by atoms with Gasteiger partial charge in [-0.1, -0.05) is 19.1 Å². The summed E-state index contributed by atoms with van der Waals surface area (Å²) in [6.07, 6.45) is 0.795. The van der Waals surface area contributed by atoms with Crippen molar-refractivity contribution in [2.24, 2.45) is 0 Å². The predicted octanol–water partition coefficient (Wildman–Crippen LogP) is 3.42. The molecule has 0 unspecified atom stereocenters. The van der Waals surface area contributed by atoms with Crippen LogP contribution in [0, 0.1) is 0 Å². The number of methoxy groups -OCH3 is 3. The molecule has 180 valence electrons. The molecule has 33 heavy (non-hydrogen) atoms. The van der Waals surface area contributed by atoms with Crippen LogP contribution in [0.5, 0.6) is 23.0 Å². The van der Waals surface area contributed by atoms with E-state index >= 15 is 0 Å². The number of hydrogen-bond acceptors (Lipinski definition) is 6. The Bertz CT molecular complexity index is 911. The molecule has 0 radical (unpaired) electrons. The van der Waals surface area contributed by atoms with Crippen LogP contribution in [0.3, 0.4) is 0 Å². The van der Waals surface area contributed by atoms with Crippen LogP contribution < -0.4 is 24.3 Å². The number of amides is 2. The average molecular weight is 459 g/mol. The topological polar surface area (TPSA) is 86.3 Å². The fourth-order valence-corrected chi connectivity index (χ4v) is 3.11. The lowest BCUT2D eigenvalue weighted by atomic mass is 10.1. The van der Waals surface area contributed by atoms with Gasteiger partial charge in [0.1, 0.15) is 29.0 Å². The van der Waals surface area contributed by atoms with Crippen molar-refractivity contribution in [3.8, 4) is 23.0 Å². The molecule has 8 nitrogen and oxygen atoms in total. The van der Waals surface area contributed by atoms with Crippen LogP contribution >= 0.6 is 0 Å². The van der Waals surface area contributed by atoms with Crippen LogP contribution in [0.25, 0.3) is 0 Å². The predicted molar refractivity (Wildman–Crippen MR) is 126 cm³/mol. The number of carbonyl (C=O) groups excluding carboxylic acids is 2. The fourth-order valence-electron chi connectivity index (χ4n) is 3.11. The van der Waals surface area contributed by atoms with Crippen LogP contribution in [-0.2, 0) is 16.1 Å². The molecule has 8 heteroatoms. The van der Waals surface area contributed by atoms with E-state index in [2.05, 4.69) is 5.32 Å².